The highest BCUT2D eigenvalue weighted by molar-refractivity contribution is 5.99. The zero-order chi connectivity index (χ0) is 36.6. The lowest BCUT2D eigenvalue weighted by atomic mass is 9.68. The Hall–Kier alpha value is -4.68. The lowest BCUT2D eigenvalue weighted by Crippen LogP contribution is -2.44. The highest BCUT2D eigenvalue weighted by Gasteiger charge is 2.44. The molecule has 272 valence electrons. The Bertz CT molecular complexity index is 1680. The van der Waals surface area contributed by atoms with E-state index in [1.54, 1.807) is 13.8 Å². The van der Waals surface area contributed by atoms with E-state index in [-0.39, 0.29) is 35.3 Å². The van der Waals surface area contributed by atoms with E-state index >= 15 is 0 Å². The van der Waals surface area contributed by atoms with Gasteiger partial charge in [-0.1, -0.05) is 72.8 Å². The van der Waals surface area contributed by atoms with Gasteiger partial charge >= 0.3 is 24.5 Å². The quantitative estimate of drug-likeness (QED) is 0.109. The molecule has 1 saturated heterocycles. The van der Waals surface area contributed by atoms with Gasteiger partial charge in [-0.3, -0.25) is 0 Å². The molecule has 1 N–H and O–H groups in total. The molecule has 2 aliphatic heterocycles. The lowest BCUT2D eigenvalue weighted by molar-refractivity contribution is -0.253. The maximum Gasteiger partial charge on any atom is 0.461 e. The van der Waals surface area contributed by atoms with Crippen molar-refractivity contribution < 1.29 is 46.1 Å². The molecule has 5 rings (SSSR count). The molecule has 0 saturated carbocycles. The maximum atomic E-state index is 13.7. The molecule has 0 radical (unpaired) electrons. The van der Waals surface area contributed by atoms with Crippen molar-refractivity contribution in [2.75, 3.05) is 46.6 Å². The zero-order valence-corrected chi connectivity index (χ0v) is 28.8. The van der Waals surface area contributed by atoms with Crippen molar-refractivity contribution >= 4 is 11.9 Å². The molecule has 2 heterocycles. The van der Waals surface area contributed by atoms with Gasteiger partial charge in [-0.2, -0.15) is 17.6 Å². The fourth-order valence-electron chi connectivity index (χ4n) is 6.92. The van der Waals surface area contributed by atoms with Crippen LogP contribution in [0.15, 0.2) is 107 Å². The van der Waals surface area contributed by atoms with Gasteiger partial charge in [0.05, 0.1) is 37.4 Å². The summed E-state index contributed by atoms with van der Waals surface area (Å²) >= 11 is 0. The molecule has 0 spiro atoms. The number of alkyl halides is 4. The topological polar surface area (TPSA) is 86.3 Å². The fraction of sp³-hybridized carbons (Fsp3) is 0.385. The van der Waals surface area contributed by atoms with E-state index in [4.69, 9.17) is 14.2 Å². The number of allylic oxidation sites excluding steroid dienone is 2. The van der Waals surface area contributed by atoms with E-state index in [9.17, 15) is 27.2 Å². The van der Waals surface area contributed by atoms with Crippen LogP contribution in [-0.2, 0) is 29.2 Å². The summed E-state index contributed by atoms with van der Waals surface area (Å²) in [6, 6.07) is 26.1. The molecule has 8 nitrogen and oxygen atoms in total. The first-order valence-electron chi connectivity index (χ1n) is 16.8. The van der Waals surface area contributed by atoms with Gasteiger partial charge in [0.2, 0.25) is 0 Å². The van der Waals surface area contributed by atoms with E-state index in [0.717, 1.165) is 45.2 Å². The van der Waals surface area contributed by atoms with E-state index < -0.39 is 36.1 Å². The smallest absolute Gasteiger partial charge is 0.461 e. The predicted octanol–water partition coefficient (Wildman–Crippen LogP) is 6.97. The van der Waals surface area contributed by atoms with Crippen LogP contribution in [-0.4, -0.2) is 75.9 Å². The van der Waals surface area contributed by atoms with Gasteiger partial charge in [-0.05, 0) is 68.6 Å². The molecule has 0 aliphatic carbocycles. The molecule has 3 aromatic rings. The number of nitrogens with zero attached hydrogens (tertiary/aromatic N) is 1. The molecular weight excluding hydrogens is 668 g/mol. The Morgan fingerprint density at radius 2 is 1.43 bits per heavy atom. The monoisotopic (exact) mass is 710 g/mol. The molecule has 0 amide bonds. The molecule has 1 fully saturated rings. The number of likely N-dealkylation sites (tertiary alicyclic amines) is 1. The van der Waals surface area contributed by atoms with Crippen LogP contribution in [0, 0.1) is 0 Å². The van der Waals surface area contributed by atoms with Gasteiger partial charge in [0, 0.05) is 23.4 Å². The highest BCUT2D eigenvalue weighted by Crippen LogP contribution is 2.42. The number of hydrogen-bond acceptors (Lipinski definition) is 8. The number of esters is 2. The average Bonchev–Trinajstić information content (AvgIpc) is 3.13. The summed E-state index contributed by atoms with van der Waals surface area (Å²) < 4.78 is 73.8. The number of piperidine rings is 1. The van der Waals surface area contributed by atoms with Gasteiger partial charge in [0.1, 0.15) is 12.4 Å². The van der Waals surface area contributed by atoms with Crippen LogP contribution >= 0.6 is 0 Å². The van der Waals surface area contributed by atoms with Crippen molar-refractivity contribution in [1.82, 2.24) is 10.2 Å². The van der Waals surface area contributed by atoms with Crippen LogP contribution in [0.1, 0.15) is 49.3 Å². The average molecular weight is 711 g/mol. The van der Waals surface area contributed by atoms with Gasteiger partial charge in [-0.15, -0.1) is 0 Å². The van der Waals surface area contributed by atoms with Crippen molar-refractivity contribution in [3.63, 3.8) is 0 Å². The van der Waals surface area contributed by atoms with E-state index in [1.807, 2.05) is 12.1 Å². The van der Waals surface area contributed by atoms with Gasteiger partial charge < -0.3 is 29.2 Å². The first kappa shape index (κ1) is 37.6. The second-order valence-electron chi connectivity index (χ2n) is 12.6. The van der Waals surface area contributed by atoms with Gasteiger partial charge in [0.15, 0.2) is 0 Å². The first-order valence-corrected chi connectivity index (χ1v) is 16.8. The number of carbonyl (C=O) groups excluding carboxylic acids is 2. The Morgan fingerprint density at radius 3 is 2.00 bits per heavy atom. The van der Waals surface area contributed by atoms with E-state index in [2.05, 4.69) is 63.5 Å². The summed E-state index contributed by atoms with van der Waals surface area (Å²) in [5.74, 6) is -3.26. The molecule has 51 heavy (non-hydrogen) atoms. The van der Waals surface area contributed by atoms with Crippen LogP contribution in [0.5, 0.6) is 5.75 Å². The second kappa shape index (κ2) is 16.6. The number of halogens is 4. The van der Waals surface area contributed by atoms with Gasteiger partial charge in [-0.25, -0.2) is 9.59 Å². The Balaban J connectivity index is 1.18. The number of hydrogen-bond donors (Lipinski definition) is 1. The zero-order valence-electron chi connectivity index (χ0n) is 28.8. The van der Waals surface area contributed by atoms with Crippen LogP contribution in [0.4, 0.5) is 17.6 Å². The minimum Gasteiger partial charge on any atom is -0.466 e. The Labute approximate surface area is 295 Å². The number of nitrogens with one attached hydrogen (secondary N) is 1. The van der Waals surface area contributed by atoms with Crippen LogP contribution in [0.3, 0.4) is 0 Å². The fourth-order valence-corrected chi connectivity index (χ4v) is 6.92. The van der Waals surface area contributed by atoms with Crippen LogP contribution in [0.25, 0.3) is 0 Å². The highest BCUT2D eigenvalue weighted by atomic mass is 19.3. The van der Waals surface area contributed by atoms with Crippen molar-refractivity contribution in [1.29, 1.82) is 0 Å². The first-order chi connectivity index (χ1) is 24.5. The number of ether oxygens (including phenoxy) is 4. The molecule has 1 atom stereocenters. The second-order valence-corrected chi connectivity index (χ2v) is 12.6. The molecule has 0 bridgehead atoms. The van der Waals surface area contributed by atoms with Crippen molar-refractivity contribution in [2.24, 2.45) is 0 Å². The summed E-state index contributed by atoms with van der Waals surface area (Å²) in [7, 11) is 1.16. The number of methoxy groups -OCH3 is 1. The Kier molecular flexibility index (Phi) is 12.2. The largest absolute Gasteiger partial charge is 0.466 e. The summed E-state index contributed by atoms with van der Waals surface area (Å²) in [5, 5.41) is 2.99. The Morgan fingerprint density at radius 1 is 0.843 bits per heavy atom. The number of carbonyl (C=O) groups is 2. The minimum atomic E-state index is -4.75. The molecule has 12 heteroatoms. The van der Waals surface area contributed by atoms with Crippen LogP contribution in [0.2, 0.25) is 0 Å². The SMILES string of the molecule is COC(=O)C1=C(C)NC(C)=C(C(=O)OCCOCCN2CCC(c3ccccc3)(c3ccccc3)CC2)C1c1cccc(OC(F)(F)C(F)F)c1. The summed E-state index contributed by atoms with van der Waals surface area (Å²) in [6.45, 7) is 6.15. The molecule has 0 aromatic heterocycles. The molecule has 1 unspecified atom stereocenters. The van der Waals surface area contributed by atoms with Crippen molar-refractivity contribution in [3.8, 4) is 5.75 Å². The molecular formula is C39H42F4N2O6. The third kappa shape index (κ3) is 8.62. The van der Waals surface area contributed by atoms with Crippen LogP contribution < -0.4 is 10.1 Å². The third-order valence-corrected chi connectivity index (χ3v) is 9.46. The predicted molar refractivity (Wildman–Crippen MR) is 182 cm³/mol. The van der Waals surface area contributed by atoms with Gasteiger partial charge in [0.25, 0.3) is 0 Å². The molecule has 3 aromatic carbocycles. The standard InChI is InChI=1S/C39H42F4N2O6/c1-26-32(35(46)48-3)34(28-11-10-16-31(25-28)51-39(42,43)37(40)41)33(27(2)44-26)36(47)50-24-23-49-22-21-45-19-17-38(18-20-45,29-12-6-4-7-13-29)30-14-8-5-9-15-30/h4-16,25,34,37,44H,17-24H2,1-3H3. The number of rotatable bonds is 14. The maximum absolute atomic E-state index is 13.7. The van der Waals surface area contributed by atoms with E-state index in [1.165, 1.54) is 23.3 Å². The molecule has 2 aliphatic rings. The van der Waals surface area contributed by atoms with Crippen molar-refractivity contribution in [2.45, 2.75) is 50.6 Å². The van der Waals surface area contributed by atoms with E-state index in [0.29, 0.717) is 24.5 Å². The van der Waals surface area contributed by atoms with Crippen molar-refractivity contribution in [3.05, 3.63) is 124 Å². The number of benzene rings is 3. The summed E-state index contributed by atoms with van der Waals surface area (Å²) in [5.41, 5.74) is 3.48. The lowest BCUT2D eigenvalue weighted by Gasteiger charge is -2.43. The third-order valence-electron chi connectivity index (χ3n) is 9.46. The summed E-state index contributed by atoms with van der Waals surface area (Å²) in [4.78, 5) is 28.8. The normalized spacial score (nSPS) is 18.0. The minimum absolute atomic E-state index is 0.0207. The number of dihydropyridines is 1. The summed E-state index contributed by atoms with van der Waals surface area (Å²) in [6.07, 6.45) is -6.89.